The largest absolute Gasteiger partial charge is 0.477 e. The molecule has 28 heavy (non-hydrogen) atoms. The molecule has 0 aliphatic rings. The monoisotopic (exact) mass is 376 g/mol. The Hall–Kier alpha value is -3.87. The number of urea groups is 1. The summed E-state index contributed by atoms with van der Waals surface area (Å²) in [6.07, 6.45) is 1.57. The second-order valence-corrected chi connectivity index (χ2v) is 5.77. The van der Waals surface area contributed by atoms with Gasteiger partial charge < -0.3 is 20.7 Å². The van der Waals surface area contributed by atoms with Gasteiger partial charge in [-0.1, -0.05) is 18.2 Å². The number of benzene rings is 2. The lowest BCUT2D eigenvalue weighted by molar-refractivity contribution is 0.102. The van der Waals surface area contributed by atoms with Crippen LogP contribution in [0.25, 0.3) is 0 Å². The lowest BCUT2D eigenvalue weighted by atomic mass is 10.2. The Kier molecular flexibility index (Phi) is 6.20. The van der Waals surface area contributed by atoms with Gasteiger partial charge in [-0.2, -0.15) is 0 Å². The van der Waals surface area contributed by atoms with Crippen LogP contribution in [0.5, 0.6) is 5.88 Å². The molecule has 0 fully saturated rings. The van der Waals surface area contributed by atoms with Crippen molar-refractivity contribution in [2.75, 3.05) is 22.6 Å². The molecule has 0 radical (unpaired) electrons. The quantitative estimate of drug-likeness (QED) is 0.595. The fourth-order valence-corrected chi connectivity index (χ4v) is 2.47. The number of aromatic nitrogens is 1. The molecule has 2 aromatic carbocycles. The van der Waals surface area contributed by atoms with E-state index in [0.717, 1.165) is 0 Å². The maximum absolute atomic E-state index is 12.5. The van der Waals surface area contributed by atoms with Gasteiger partial charge in [0.1, 0.15) is 5.56 Å². The third-order valence-electron chi connectivity index (χ3n) is 3.73. The number of ether oxygens (including phenoxy) is 1. The number of hydrogen-bond donors (Lipinski definition) is 3. The Balaban J connectivity index is 1.60. The standard InChI is InChI=1S/C21H20N4O3/c1-2-28-20-18(9-6-14-22-20)19(26)23-16-10-12-17(13-11-16)25-21(27)24-15-7-4-3-5-8-15/h3-14H,2H2,1H3,(H,23,26)(H2,24,25,27). The van der Waals surface area contributed by atoms with Crippen LogP contribution in [-0.2, 0) is 0 Å². The van der Waals surface area contributed by atoms with Gasteiger partial charge in [-0.3, -0.25) is 4.79 Å². The number of amides is 3. The first-order chi connectivity index (χ1) is 13.7. The minimum atomic E-state index is -0.347. The molecule has 0 bridgehead atoms. The van der Waals surface area contributed by atoms with Crippen molar-refractivity contribution in [3.05, 3.63) is 78.5 Å². The molecule has 7 heteroatoms. The highest BCUT2D eigenvalue weighted by molar-refractivity contribution is 6.06. The van der Waals surface area contributed by atoms with E-state index in [1.165, 1.54) is 0 Å². The third-order valence-corrected chi connectivity index (χ3v) is 3.73. The average Bonchev–Trinajstić information content (AvgIpc) is 2.71. The number of anilines is 3. The van der Waals surface area contributed by atoms with Crippen molar-refractivity contribution in [1.82, 2.24) is 4.98 Å². The van der Waals surface area contributed by atoms with Crippen molar-refractivity contribution < 1.29 is 14.3 Å². The zero-order valence-corrected chi connectivity index (χ0v) is 15.3. The van der Waals surface area contributed by atoms with E-state index in [1.807, 2.05) is 25.1 Å². The van der Waals surface area contributed by atoms with Crippen LogP contribution in [0.15, 0.2) is 72.9 Å². The second kappa shape index (κ2) is 9.18. The molecule has 0 aliphatic carbocycles. The molecule has 3 N–H and O–H groups in total. The van der Waals surface area contributed by atoms with Crippen LogP contribution >= 0.6 is 0 Å². The molecule has 1 aromatic heterocycles. The van der Waals surface area contributed by atoms with Crippen molar-refractivity contribution in [2.24, 2.45) is 0 Å². The maximum Gasteiger partial charge on any atom is 0.323 e. The summed E-state index contributed by atoms with van der Waals surface area (Å²) in [6.45, 7) is 2.25. The number of rotatable bonds is 6. The molecule has 0 atom stereocenters. The summed E-state index contributed by atoms with van der Waals surface area (Å²) in [6, 6.07) is 18.9. The molecule has 0 saturated carbocycles. The van der Waals surface area contributed by atoms with Crippen LogP contribution in [0.2, 0.25) is 0 Å². The van der Waals surface area contributed by atoms with Gasteiger partial charge in [-0.25, -0.2) is 9.78 Å². The number of nitrogens with one attached hydrogen (secondary N) is 3. The number of pyridine rings is 1. The van der Waals surface area contributed by atoms with Crippen molar-refractivity contribution in [3.63, 3.8) is 0 Å². The van der Waals surface area contributed by atoms with Crippen LogP contribution in [0.3, 0.4) is 0 Å². The van der Waals surface area contributed by atoms with Crippen LogP contribution in [0.4, 0.5) is 21.9 Å². The normalized spacial score (nSPS) is 10.0. The number of carbonyl (C=O) groups is 2. The molecule has 7 nitrogen and oxygen atoms in total. The van der Waals surface area contributed by atoms with Crippen LogP contribution < -0.4 is 20.7 Å². The van der Waals surface area contributed by atoms with E-state index in [9.17, 15) is 9.59 Å². The average molecular weight is 376 g/mol. The van der Waals surface area contributed by atoms with Gasteiger partial charge in [-0.15, -0.1) is 0 Å². The highest BCUT2D eigenvalue weighted by Crippen LogP contribution is 2.19. The Morgan fingerprint density at radius 2 is 1.43 bits per heavy atom. The fourth-order valence-electron chi connectivity index (χ4n) is 2.47. The molecular weight excluding hydrogens is 356 g/mol. The summed E-state index contributed by atoms with van der Waals surface area (Å²) >= 11 is 0. The summed E-state index contributed by atoms with van der Waals surface area (Å²) in [7, 11) is 0. The first-order valence-corrected chi connectivity index (χ1v) is 8.78. The summed E-state index contributed by atoms with van der Waals surface area (Å²) in [5, 5.41) is 8.26. The fraction of sp³-hybridized carbons (Fsp3) is 0.0952. The Morgan fingerprint density at radius 1 is 0.821 bits per heavy atom. The van der Waals surface area contributed by atoms with Gasteiger partial charge in [0.05, 0.1) is 6.61 Å². The van der Waals surface area contributed by atoms with Gasteiger partial charge in [0.15, 0.2) is 0 Å². The Bertz CT molecular complexity index is 943. The van der Waals surface area contributed by atoms with E-state index >= 15 is 0 Å². The summed E-state index contributed by atoms with van der Waals surface area (Å²) in [4.78, 5) is 28.6. The molecule has 142 valence electrons. The first kappa shape index (κ1) is 18.9. The highest BCUT2D eigenvalue weighted by Gasteiger charge is 2.13. The van der Waals surface area contributed by atoms with Crippen molar-refractivity contribution in [2.45, 2.75) is 6.92 Å². The van der Waals surface area contributed by atoms with E-state index in [2.05, 4.69) is 20.9 Å². The molecule has 0 unspecified atom stereocenters. The molecule has 0 aliphatic heterocycles. The predicted octanol–water partition coefficient (Wildman–Crippen LogP) is 4.38. The zero-order chi connectivity index (χ0) is 19.8. The number of nitrogens with zero attached hydrogens (tertiary/aromatic N) is 1. The predicted molar refractivity (Wildman–Crippen MR) is 109 cm³/mol. The zero-order valence-electron chi connectivity index (χ0n) is 15.3. The molecule has 0 spiro atoms. The van der Waals surface area contributed by atoms with Crippen LogP contribution in [0, 0.1) is 0 Å². The lowest BCUT2D eigenvalue weighted by Crippen LogP contribution is -2.19. The lowest BCUT2D eigenvalue weighted by Gasteiger charge is -2.11. The molecule has 3 rings (SSSR count). The van der Waals surface area contributed by atoms with Crippen molar-refractivity contribution >= 4 is 29.0 Å². The first-order valence-electron chi connectivity index (χ1n) is 8.78. The van der Waals surface area contributed by atoms with Crippen LogP contribution in [0.1, 0.15) is 17.3 Å². The highest BCUT2D eigenvalue weighted by atomic mass is 16.5. The minimum absolute atomic E-state index is 0.290. The van der Waals surface area contributed by atoms with Gasteiger partial charge in [0, 0.05) is 23.3 Å². The minimum Gasteiger partial charge on any atom is -0.477 e. The molecule has 0 saturated heterocycles. The van der Waals surface area contributed by atoms with Crippen molar-refractivity contribution in [3.8, 4) is 5.88 Å². The second-order valence-electron chi connectivity index (χ2n) is 5.77. The van der Waals surface area contributed by atoms with E-state index in [1.54, 1.807) is 54.7 Å². The smallest absolute Gasteiger partial charge is 0.323 e. The summed E-state index contributed by atoms with van der Waals surface area (Å²) in [5.41, 5.74) is 2.24. The number of para-hydroxylation sites is 1. The Morgan fingerprint density at radius 3 is 2.07 bits per heavy atom. The van der Waals surface area contributed by atoms with E-state index in [0.29, 0.717) is 35.1 Å². The SMILES string of the molecule is CCOc1ncccc1C(=O)Nc1ccc(NC(=O)Nc2ccccc2)cc1. The maximum atomic E-state index is 12.5. The number of hydrogen-bond acceptors (Lipinski definition) is 4. The van der Waals surface area contributed by atoms with E-state index in [4.69, 9.17) is 4.74 Å². The molecular formula is C21H20N4O3. The third kappa shape index (κ3) is 5.07. The molecule has 1 heterocycles. The molecule has 3 amide bonds. The Labute approximate surface area is 162 Å². The van der Waals surface area contributed by atoms with Gasteiger partial charge in [0.25, 0.3) is 5.91 Å². The summed E-state index contributed by atoms with van der Waals surface area (Å²) in [5.74, 6) is -0.0301. The number of carbonyl (C=O) groups excluding carboxylic acids is 2. The van der Waals surface area contributed by atoms with Gasteiger partial charge >= 0.3 is 6.03 Å². The van der Waals surface area contributed by atoms with Gasteiger partial charge in [0.2, 0.25) is 5.88 Å². The van der Waals surface area contributed by atoms with Gasteiger partial charge in [-0.05, 0) is 55.5 Å². The van der Waals surface area contributed by atoms with Crippen LogP contribution in [-0.4, -0.2) is 23.5 Å². The topological polar surface area (TPSA) is 92.3 Å². The van der Waals surface area contributed by atoms with Crippen molar-refractivity contribution in [1.29, 1.82) is 0 Å². The molecule has 3 aromatic rings. The van der Waals surface area contributed by atoms with E-state index < -0.39 is 0 Å². The van der Waals surface area contributed by atoms with E-state index in [-0.39, 0.29) is 11.9 Å². The summed E-state index contributed by atoms with van der Waals surface area (Å²) < 4.78 is 5.38.